The van der Waals surface area contributed by atoms with E-state index in [0.29, 0.717) is 36.8 Å². The number of methoxy groups -OCH3 is 2. The van der Waals surface area contributed by atoms with Crippen LogP contribution in [0, 0.1) is 6.92 Å². The lowest BCUT2D eigenvalue weighted by molar-refractivity contribution is 0.0593. The Bertz CT molecular complexity index is 540. The molecular formula is C16H21ClO4. The molecular weight excluding hydrogens is 292 g/mol. The van der Waals surface area contributed by atoms with Crippen LogP contribution in [0.5, 0.6) is 5.75 Å². The Morgan fingerprint density at radius 1 is 1.33 bits per heavy atom. The lowest BCUT2D eigenvalue weighted by atomic mass is 9.87. The van der Waals surface area contributed by atoms with Crippen molar-refractivity contribution < 1.29 is 19.0 Å². The Kier molecular flexibility index (Phi) is 5.48. The highest BCUT2D eigenvalue weighted by atomic mass is 35.5. The van der Waals surface area contributed by atoms with E-state index in [1.54, 1.807) is 7.11 Å². The zero-order valence-electron chi connectivity index (χ0n) is 12.8. The maximum absolute atomic E-state index is 12.2. The van der Waals surface area contributed by atoms with E-state index in [9.17, 15) is 4.79 Å². The molecule has 0 bridgehead atoms. The number of benzene rings is 1. The molecule has 1 aliphatic rings. The predicted octanol–water partition coefficient (Wildman–Crippen LogP) is 3.03. The minimum atomic E-state index is -0.356. The van der Waals surface area contributed by atoms with E-state index >= 15 is 0 Å². The van der Waals surface area contributed by atoms with Crippen LogP contribution < -0.4 is 4.74 Å². The fraction of sp³-hybridized carbons (Fsp3) is 0.562. The third-order valence-corrected chi connectivity index (χ3v) is 4.09. The van der Waals surface area contributed by atoms with Gasteiger partial charge in [-0.3, -0.25) is 0 Å². The van der Waals surface area contributed by atoms with Gasteiger partial charge in [-0.2, -0.15) is 0 Å². The molecule has 1 aromatic rings. The quantitative estimate of drug-likeness (QED) is 0.619. The zero-order valence-corrected chi connectivity index (χ0v) is 13.5. The summed E-state index contributed by atoms with van der Waals surface area (Å²) < 4.78 is 16.1. The van der Waals surface area contributed by atoms with Crippen molar-refractivity contribution in [3.63, 3.8) is 0 Å². The summed E-state index contributed by atoms with van der Waals surface area (Å²) in [5, 5.41) is 0. The minimum Gasteiger partial charge on any atom is -0.492 e. The van der Waals surface area contributed by atoms with Gasteiger partial charge in [-0.15, -0.1) is 11.6 Å². The highest BCUT2D eigenvalue weighted by molar-refractivity contribution is 6.18. The minimum absolute atomic E-state index is 0.356. The van der Waals surface area contributed by atoms with Crippen LogP contribution in [0.3, 0.4) is 0 Å². The summed E-state index contributed by atoms with van der Waals surface area (Å²) in [4.78, 5) is 12.2. The van der Waals surface area contributed by atoms with Gasteiger partial charge in [0.1, 0.15) is 11.3 Å². The molecule has 0 N–H and O–H groups in total. The lowest BCUT2D eigenvalue weighted by Crippen LogP contribution is -2.20. The van der Waals surface area contributed by atoms with E-state index in [-0.39, 0.29) is 5.97 Å². The van der Waals surface area contributed by atoms with E-state index in [1.165, 1.54) is 7.11 Å². The number of halogens is 1. The maximum Gasteiger partial charge on any atom is 0.341 e. The normalized spacial score (nSPS) is 13.5. The molecule has 1 heterocycles. The van der Waals surface area contributed by atoms with Gasteiger partial charge in [-0.1, -0.05) is 0 Å². The number of carbonyl (C=O) groups is 1. The van der Waals surface area contributed by atoms with Crippen molar-refractivity contribution in [1.29, 1.82) is 0 Å². The van der Waals surface area contributed by atoms with Crippen molar-refractivity contribution in [3.8, 4) is 5.75 Å². The fourth-order valence-corrected chi connectivity index (χ4v) is 3.15. The van der Waals surface area contributed by atoms with Gasteiger partial charge in [-0.25, -0.2) is 4.79 Å². The zero-order chi connectivity index (χ0) is 15.4. The molecule has 0 aliphatic carbocycles. The first-order valence-corrected chi connectivity index (χ1v) is 7.62. The van der Waals surface area contributed by atoms with Crippen molar-refractivity contribution in [2.24, 2.45) is 0 Å². The first kappa shape index (κ1) is 16.1. The van der Waals surface area contributed by atoms with Crippen LogP contribution in [0.25, 0.3) is 0 Å². The average molecular weight is 313 g/mol. The van der Waals surface area contributed by atoms with Gasteiger partial charge in [0.2, 0.25) is 0 Å². The summed E-state index contributed by atoms with van der Waals surface area (Å²) in [6, 6.07) is 0. The highest BCUT2D eigenvalue weighted by Gasteiger charge is 2.28. The SMILES string of the molecule is COCc1c(CCCl)c(C)c(C(=O)OC)c2c1CCCO2. The van der Waals surface area contributed by atoms with Gasteiger partial charge in [0.05, 0.1) is 20.3 Å². The summed E-state index contributed by atoms with van der Waals surface area (Å²) in [6.45, 7) is 3.05. The molecule has 0 atom stereocenters. The summed E-state index contributed by atoms with van der Waals surface area (Å²) in [5.41, 5.74) is 4.67. The molecule has 2 rings (SSSR count). The van der Waals surface area contributed by atoms with Gasteiger partial charge in [0.25, 0.3) is 0 Å². The number of rotatable bonds is 5. The Morgan fingerprint density at radius 3 is 2.71 bits per heavy atom. The van der Waals surface area contributed by atoms with Gasteiger partial charge >= 0.3 is 5.97 Å². The number of esters is 1. The van der Waals surface area contributed by atoms with Gasteiger partial charge in [0, 0.05) is 18.6 Å². The first-order valence-electron chi connectivity index (χ1n) is 7.08. The molecule has 1 aliphatic heterocycles. The second kappa shape index (κ2) is 7.14. The van der Waals surface area contributed by atoms with Crippen LogP contribution >= 0.6 is 11.6 Å². The standard InChI is InChI=1S/C16H21ClO4/c1-10-11(6-7-17)13(9-19-2)12-5-4-8-21-15(12)14(10)16(18)20-3/h4-9H2,1-3H3. The second-order valence-corrected chi connectivity index (χ2v) is 5.46. The van der Waals surface area contributed by atoms with Crippen LogP contribution in [0.1, 0.15) is 39.0 Å². The van der Waals surface area contributed by atoms with Crippen molar-refractivity contribution in [2.45, 2.75) is 32.8 Å². The smallest absolute Gasteiger partial charge is 0.341 e. The molecule has 5 heteroatoms. The molecule has 0 saturated carbocycles. The molecule has 116 valence electrons. The van der Waals surface area contributed by atoms with Crippen molar-refractivity contribution in [2.75, 3.05) is 26.7 Å². The topological polar surface area (TPSA) is 44.8 Å². The molecule has 0 saturated heterocycles. The van der Waals surface area contributed by atoms with Gasteiger partial charge in [-0.05, 0) is 42.9 Å². The summed E-state index contributed by atoms with van der Waals surface area (Å²) in [6.07, 6.45) is 2.52. The van der Waals surface area contributed by atoms with Crippen LogP contribution in [0.15, 0.2) is 0 Å². The number of alkyl halides is 1. The van der Waals surface area contributed by atoms with Crippen LogP contribution in [0.2, 0.25) is 0 Å². The van der Waals surface area contributed by atoms with Crippen LogP contribution in [0.4, 0.5) is 0 Å². The lowest BCUT2D eigenvalue weighted by Gasteiger charge is -2.27. The molecule has 1 aromatic carbocycles. The van der Waals surface area contributed by atoms with Crippen LogP contribution in [-0.2, 0) is 28.9 Å². The third kappa shape index (κ3) is 3.01. The summed E-state index contributed by atoms with van der Waals surface area (Å²) >= 11 is 5.94. The summed E-state index contributed by atoms with van der Waals surface area (Å²) in [7, 11) is 3.06. The molecule has 0 unspecified atom stereocenters. The third-order valence-electron chi connectivity index (χ3n) is 3.90. The molecule has 0 spiro atoms. The monoisotopic (exact) mass is 312 g/mol. The second-order valence-electron chi connectivity index (χ2n) is 5.08. The van der Waals surface area contributed by atoms with E-state index < -0.39 is 0 Å². The van der Waals surface area contributed by atoms with Crippen molar-refractivity contribution in [1.82, 2.24) is 0 Å². The van der Waals surface area contributed by atoms with Crippen molar-refractivity contribution in [3.05, 3.63) is 27.8 Å². The Labute approximate surface area is 130 Å². The Hall–Kier alpha value is -1.26. The fourth-order valence-electron chi connectivity index (χ4n) is 2.96. The number of ether oxygens (including phenoxy) is 3. The Morgan fingerprint density at radius 2 is 2.10 bits per heavy atom. The molecule has 4 nitrogen and oxygen atoms in total. The molecule has 0 aromatic heterocycles. The number of carbonyl (C=O) groups excluding carboxylic acids is 1. The predicted molar refractivity (Wildman–Crippen MR) is 81.5 cm³/mol. The Balaban J connectivity index is 2.71. The maximum atomic E-state index is 12.2. The first-order chi connectivity index (χ1) is 10.2. The highest BCUT2D eigenvalue weighted by Crippen LogP contribution is 2.38. The van der Waals surface area contributed by atoms with Crippen molar-refractivity contribution >= 4 is 17.6 Å². The summed E-state index contributed by atoms with van der Waals surface area (Å²) in [5.74, 6) is 0.805. The van der Waals surface area contributed by atoms with Crippen LogP contribution in [-0.4, -0.2) is 32.7 Å². The number of fused-ring (bicyclic) bond motifs is 1. The van der Waals surface area contributed by atoms with Gasteiger partial charge < -0.3 is 14.2 Å². The molecule has 0 radical (unpaired) electrons. The van der Waals surface area contributed by atoms with E-state index in [4.69, 9.17) is 25.8 Å². The average Bonchev–Trinajstić information content (AvgIpc) is 2.50. The van der Waals surface area contributed by atoms with E-state index in [2.05, 4.69) is 0 Å². The van der Waals surface area contributed by atoms with E-state index in [1.807, 2.05) is 6.92 Å². The largest absolute Gasteiger partial charge is 0.492 e. The van der Waals surface area contributed by atoms with E-state index in [0.717, 1.165) is 35.1 Å². The van der Waals surface area contributed by atoms with Gasteiger partial charge in [0.15, 0.2) is 0 Å². The number of hydrogen-bond donors (Lipinski definition) is 0. The molecule has 0 amide bonds. The molecule has 0 fully saturated rings. The molecule has 21 heavy (non-hydrogen) atoms. The number of hydrogen-bond acceptors (Lipinski definition) is 4.